The van der Waals surface area contributed by atoms with Crippen LogP contribution < -0.4 is 10.9 Å². The molecule has 0 spiro atoms. The van der Waals surface area contributed by atoms with Crippen LogP contribution in [0.5, 0.6) is 0 Å². The summed E-state index contributed by atoms with van der Waals surface area (Å²) >= 11 is 0. The van der Waals surface area contributed by atoms with Crippen LogP contribution in [0.4, 0.5) is 0 Å². The Morgan fingerprint density at radius 1 is 1.43 bits per heavy atom. The number of nitrogens with one attached hydrogen (secondary N) is 2. The van der Waals surface area contributed by atoms with E-state index in [4.69, 9.17) is 0 Å². The van der Waals surface area contributed by atoms with Gasteiger partial charge in [0.15, 0.2) is 5.69 Å². The predicted octanol–water partition coefficient (Wildman–Crippen LogP) is 0.936. The van der Waals surface area contributed by atoms with Gasteiger partial charge in [-0.3, -0.25) is 14.6 Å². The zero-order chi connectivity index (χ0) is 14.8. The van der Waals surface area contributed by atoms with Crippen LogP contribution in [-0.4, -0.2) is 31.7 Å². The summed E-state index contributed by atoms with van der Waals surface area (Å²) in [6.45, 7) is 1.73. The quantitative estimate of drug-likeness (QED) is 0.878. The zero-order valence-electron chi connectivity index (χ0n) is 11.8. The molecule has 1 fully saturated rings. The average Bonchev–Trinajstić information content (AvgIpc) is 3.08. The van der Waals surface area contributed by atoms with Crippen molar-refractivity contribution in [3.8, 4) is 5.95 Å². The van der Waals surface area contributed by atoms with Crippen LogP contribution in [0.1, 0.15) is 41.9 Å². The predicted molar refractivity (Wildman–Crippen MR) is 76.4 cm³/mol. The maximum absolute atomic E-state index is 12.1. The van der Waals surface area contributed by atoms with Gasteiger partial charge in [-0.05, 0) is 25.8 Å². The molecule has 2 heterocycles. The van der Waals surface area contributed by atoms with Gasteiger partial charge >= 0.3 is 0 Å². The molecule has 1 saturated carbocycles. The molecule has 0 saturated heterocycles. The Hall–Kier alpha value is -2.44. The number of H-pyrrole nitrogens is 1. The second-order valence-electron chi connectivity index (χ2n) is 5.31. The first-order valence-electron chi connectivity index (χ1n) is 7.07. The summed E-state index contributed by atoms with van der Waals surface area (Å²) in [5, 5.41) is 7.15. The van der Waals surface area contributed by atoms with Crippen molar-refractivity contribution in [1.29, 1.82) is 0 Å². The highest BCUT2D eigenvalue weighted by Crippen LogP contribution is 2.18. The molecule has 7 heteroatoms. The summed E-state index contributed by atoms with van der Waals surface area (Å²) in [7, 11) is 0. The third-order valence-electron chi connectivity index (χ3n) is 3.59. The molecule has 1 aliphatic carbocycles. The maximum atomic E-state index is 12.1. The zero-order valence-corrected chi connectivity index (χ0v) is 11.8. The number of aromatic nitrogens is 4. The fraction of sp³-hybridized carbons (Fsp3) is 0.429. The normalized spacial score (nSPS) is 15.3. The smallest absolute Gasteiger partial charge is 0.272 e. The summed E-state index contributed by atoms with van der Waals surface area (Å²) in [5.41, 5.74) is 0.678. The Balaban J connectivity index is 1.79. The number of rotatable bonds is 3. The summed E-state index contributed by atoms with van der Waals surface area (Å²) in [4.78, 5) is 30.3. The molecule has 2 aromatic heterocycles. The third-order valence-corrected chi connectivity index (χ3v) is 3.59. The van der Waals surface area contributed by atoms with Crippen molar-refractivity contribution in [2.75, 3.05) is 0 Å². The van der Waals surface area contributed by atoms with E-state index in [2.05, 4.69) is 20.4 Å². The average molecular weight is 287 g/mol. The number of aryl methyl sites for hydroxylation is 1. The number of aromatic amines is 1. The molecule has 0 aromatic carbocycles. The van der Waals surface area contributed by atoms with Gasteiger partial charge < -0.3 is 5.32 Å². The molecular formula is C14H17N5O2. The Labute approximate surface area is 121 Å². The van der Waals surface area contributed by atoms with E-state index in [1.165, 1.54) is 10.7 Å². The minimum absolute atomic E-state index is 0.185. The minimum atomic E-state index is -0.245. The Bertz CT molecular complexity index is 712. The van der Waals surface area contributed by atoms with Gasteiger partial charge in [0.1, 0.15) is 0 Å². The number of hydrogen-bond donors (Lipinski definition) is 2. The van der Waals surface area contributed by atoms with Gasteiger partial charge in [0.2, 0.25) is 5.95 Å². The fourth-order valence-electron chi connectivity index (χ4n) is 2.56. The molecule has 1 aliphatic rings. The third kappa shape index (κ3) is 3.01. The van der Waals surface area contributed by atoms with Crippen LogP contribution in [0.25, 0.3) is 5.95 Å². The van der Waals surface area contributed by atoms with E-state index in [1.807, 2.05) is 0 Å². The molecule has 0 bridgehead atoms. The number of carbonyl (C=O) groups excluding carboxylic acids is 1. The first kappa shape index (κ1) is 13.5. The SMILES string of the molecule is Cc1cc(=O)[nH]c(-n2ccc(C(=O)NC3CCCC3)n2)n1. The number of amides is 1. The maximum Gasteiger partial charge on any atom is 0.272 e. The van der Waals surface area contributed by atoms with Crippen LogP contribution in [-0.2, 0) is 0 Å². The van der Waals surface area contributed by atoms with Crippen LogP contribution in [0, 0.1) is 6.92 Å². The standard InChI is InChI=1S/C14H17N5O2/c1-9-8-12(20)17-14(15-9)19-7-6-11(18-19)13(21)16-10-4-2-3-5-10/h6-8,10H,2-5H2,1H3,(H,16,21)(H,15,17,20). The van der Waals surface area contributed by atoms with Crippen molar-refractivity contribution >= 4 is 5.91 Å². The van der Waals surface area contributed by atoms with Gasteiger partial charge in [0.25, 0.3) is 11.5 Å². The van der Waals surface area contributed by atoms with Gasteiger partial charge in [-0.1, -0.05) is 12.8 Å². The lowest BCUT2D eigenvalue weighted by Crippen LogP contribution is -2.32. The largest absolute Gasteiger partial charge is 0.348 e. The first-order valence-corrected chi connectivity index (χ1v) is 7.07. The number of nitrogens with zero attached hydrogens (tertiary/aromatic N) is 3. The molecule has 21 heavy (non-hydrogen) atoms. The van der Waals surface area contributed by atoms with Crippen molar-refractivity contribution in [2.45, 2.75) is 38.6 Å². The lowest BCUT2D eigenvalue weighted by Gasteiger charge is -2.09. The molecule has 110 valence electrons. The molecule has 2 aromatic rings. The summed E-state index contributed by atoms with van der Waals surface area (Å²) < 4.78 is 1.40. The van der Waals surface area contributed by atoms with Crippen molar-refractivity contribution in [2.24, 2.45) is 0 Å². The Morgan fingerprint density at radius 2 is 2.19 bits per heavy atom. The second-order valence-corrected chi connectivity index (χ2v) is 5.31. The summed E-state index contributed by atoms with van der Waals surface area (Å²) in [5.74, 6) is 0.121. The Kier molecular flexibility index (Phi) is 3.55. The second kappa shape index (κ2) is 5.51. The molecule has 0 atom stereocenters. The highest BCUT2D eigenvalue weighted by molar-refractivity contribution is 5.92. The van der Waals surface area contributed by atoms with Gasteiger partial charge in [0, 0.05) is 24.0 Å². The van der Waals surface area contributed by atoms with Crippen molar-refractivity contribution in [3.05, 3.63) is 40.1 Å². The lowest BCUT2D eigenvalue weighted by atomic mass is 10.2. The van der Waals surface area contributed by atoms with Crippen molar-refractivity contribution in [3.63, 3.8) is 0 Å². The molecular weight excluding hydrogens is 270 g/mol. The van der Waals surface area contributed by atoms with Crippen LogP contribution >= 0.6 is 0 Å². The van der Waals surface area contributed by atoms with Crippen LogP contribution in [0.3, 0.4) is 0 Å². The van der Waals surface area contributed by atoms with E-state index in [9.17, 15) is 9.59 Å². The molecule has 1 amide bonds. The topological polar surface area (TPSA) is 92.7 Å². The van der Waals surface area contributed by atoms with E-state index in [-0.39, 0.29) is 17.5 Å². The summed E-state index contributed by atoms with van der Waals surface area (Å²) in [6.07, 6.45) is 5.99. The lowest BCUT2D eigenvalue weighted by molar-refractivity contribution is 0.0932. The van der Waals surface area contributed by atoms with Crippen LogP contribution in [0.15, 0.2) is 23.1 Å². The van der Waals surface area contributed by atoms with E-state index in [0.717, 1.165) is 25.7 Å². The molecule has 2 N–H and O–H groups in total. The summed E-state index contributed by atoms with van der Waals surface area (Å²) in [6, 6.07) is 3.27. The van der Waals surface area contributed by atoms with Gasteiger partial charge in [-0.2, -0.15) is 5.10 Å². The minimum Gasteiger partial charge on any atom is -0.348 e. The fourth-order valence-corrected chi connectivity index (χ4v) is 2.56. The Morgan fingerprint density at radius 3 is 2.90 bits per heavy atom. The molecule has 7 nitrogen and oxygen atoms in total. The van der Waals surface area contributed by atoms with Crippen molar-refractivity contribution < 1.29 is 4.79 Å². The van der Waals surface area contributed by atoms with E-state index < -0.39 is 0 Å². The van der Waals surface area contributed by atoms with Gasteiger partial charge in [-0.25, -0.2) is 9.67 Å². The number of hydrogen-bond acceptors (Lipinski definition) is 4. The molecule has 0 unspecified atom stereocenters. The van der Waals surface area contributed by atoms with E-state index >= 15 is 0 Å². The highest BCUT2D eigenvalue weighted by atomic mass is 16.2. The molecule has 0 radical (unpaired) electrons. The van der Waals surface area contributed by atoms with E-state index in [1.54, 1.807) is 19.2 Å². The highest BCUT2D eigenvalue weighted by Gasteiger charge is 2.19. The van der Waals surface area contributed by atoms with E-state index in [0.29, 0.717) is 17.3 Å². The van der Waals surface area contributed by atoms with Crippen molar-refractivity contribution in [1.82, 2.24) is 25.1 Å². The first-order chi connectivity index (χ1) is 10.1. The molecule has 0 aliphatic heterocycles. The number of carbonyl (C=O) groups is 1. The van der Waals surface area contributed by atoms with Gasteiger partial charge in [-0.15, -0.1) is 0 Å². The monoisotopic (exact) mass is 287 g/mol. The van der Waals surface area contributed by atoms with Crippen LogP contribution in [0.2, 0.25) is 0 Å². The van der Waals surface area contributed by atoms with Gasteiger partial charge in [0.05, 0.1) is 0 Å². The molecule has 3 rings (SSSR count).